The molecule has 0 spiro atoms. The van der Waals surface area contributed by atoms with Crippen LogP contribution in [0, 0.1) is 23.1 Å². The summed E-state index contributed by atoms with van der Waals surface area (Å²) in [6.07, 6.45) is 4.22. The SMILES string of the molecule is CO[C@H]1CN[C@@H](C(=O)Nc2cc([C@](CCC3CC3)(N[S+]([O-])C(C)(C)C)c3cccc(C#N)c3)ccc2F)C1. The Hall–Kier alpha value is -2.48. The molecule has 2 aromatic rings. The van der Waals surface area contributed by atoms with Crippen LogP contribution in [0.5, 0.6) is 0 Å². The summed E-state index contributed by atoms with van der Waals surface area (Å²) in [5, 5.41) is 15.5. The van der Waals surface area contributed by atoms with Crippen LogP contribution in [0.3, 0.4) is 0 Å². The molecule has 1 aliphatic heterocycles. The van der Waals surface area contributed by atoms with Crippen molar-refractivity contribution in [3.05, 3.63) is 65.0 Å². The van der Waals surface area contributed by atoms with Gasteiger partial charge >= 0.3 is 0 Å². The number of carbonyl (C=O) groups is 1. The molecular formula is C29H37FN4O3S. The molecule has 1 heterocycles. The highest BCUT2D eigenvalue weighted by atomic mass is 32.2. The minimum Gasteiger partial charge on any atom is -0.598 e. The van der Waals surface area contributed by atoms with Crippen LogP contribution in [0.4, 0.5) is 10.1 Å². The molecular weight excluding hydrogens is 503 g/mol. The highest BCUT2D eigenvalue weighted by Crippen LogP contribution is 2.43. The quantitative estimate of drug-likeness (QED) is 0.383. The van der Waals surface area contributed by atoms with Gasteiger partial charge in [-0.25, -0.2) is 4.39 Å². The number of benzene rings is 2. The monoisotopic (exact) mass is 540 g/mol. The van der Waals surface area contributed by atoms with Crippen molar-refractivity contribution in [1.82, 2.24) is 10.0 Å². The Morgan fingerprint density at radius 3 is 2.61 bits per heavy atom. The first kappa shape index (κ1) is 28.5. The van der Waals surface area contributed by atoms with E-state index in [4.69, 9.17) is 4.74 Å². The molecule has 2 fully saturated rings. The Morgan fingerprint density at radius 1 is 1.24 bits per heavy atom. The van der Waals surface area contributed by atoms with E-state index in [1.807, 2.05) is 32.9 Å². The molecule has 9 heteroatoms. The first-order valence-corrected chi connectivity index (χ1v) is 14.3. The fraction of sp³-hybridized carbons (Fsp3) is 0.517. The predicted octanol–water partition coefficient (Wildman–Crippen LogP) is 4.50. The summed E-state index contributed by atoms with van der Waals surface area (Å²) >= 11 is -1.48. The number of nitrogens with zero attached hydrogens (tertiary/aromatic N) is 1. The maximum absolute atomic E-state index is 15.1. The van der Waals surface area contributed by atoms with Crippen molar-refractivity contribution < 1.29 is 18.5 Å². The van der Waals surface area contributed by atoms with E-state index >= 15 is 4.39 Å². The Bertz CT molecular complexity index is 1190. The van der Waals surface area contributed by atoms with Crippen molar-refractivity contribution in [3.8, 4) is 6.07 Å². The Kier molecular flexibility index (Phi) is 8.80. The molecule has 0 aromatic heterocycles. The van der Waals surface area contributed by atoms with Crippen LogP contribution < -0.4 is 15.4 Å². The molecule has 0 radical (unpaired) electrons. The number of nitrogens with one attached hydrogen (secondary N) is 3. The van der Waals surface area contributed by atoms with Gasteiger partial charge in [-0.1, -0.05) is 31.0 Å². The van der Waals surface area contributed by atoms with E-state index in [0.717, 1.165) is 24.8 Å². The number of nitriles is 1. The lowest BCUT2D eigenvalue weighted by Gasteiger charge is -2.39. The van der Waals surface area contributed by atoms with Gasteiger partial charge in [0.05, 0.1) is 29.5 Å². The van der Waals surface area contributed by atoms with Crippen molar-refractivity contribution in [1.29, 1.82) is 5.26 Å². The van der Waals surface area contributed by atoms with E-state index in [1.165, 1.54) is 6.07 Å². The van der Waals surface area contributed by atoms with E-state index in [-0.39, 0.29) is 17.7 Å². The van der Waals surface area contributed by atoms with Gasteiger partial charge in [0.1, 0.15) is 16.1 Å². The van der Waals surface area contributed by atoms with Gasteiger partial charge < -0.3 is 19.9 Å². The fourth-order valence-corrected chi connectivity index (χ4v) is 5.77. The van der Waals surface area contributed by atoms with E-state index in [1.54, 1.807) is 31.4 Å². The van der Waals surface area contributed by atoms with Crippen molar-refractivity contribution in [3.63, 3.8) is 0 Å². The second-order valence-electron chi connectivity index (χ2n) is 11.3. The molecule has 4 atom stereocenters. The number of hydrogen-bond donors (Lipinski definition) is 3. The maximum Gasteiger partial charge on any atom is 0.241 e. The average molecular weight is 541 g/mol. The lowest BCUT2D eigenvalue weighted by atomic mass is 9.79. The minimum absolute atomic E-state index is 0.0609. The topological polar surface area (TPSA) is 109 Å². The lowest BCUT2D eigenvalue weighted by molar-refractivity contribution is -0.118. The third kappa shape index (κ3) is 6.56. The van der Waals surface area contributed by atoms with E-state index in [9.17, 15) is 14.6 Å². The Morgan fingerprint density at radius 2 is 1.97 bits per heavy atom. The number of rotatable bonds is 10. The van der Waals surface area contributed by atoms with Crippen LogP contribution in [-0.4, -0.2) is 41.0 Å². The number of halogens is 1. The van der Waals surface area contributed by atoms with E-state index < -0.39 is 33.5 Å². The van der Waals surface area contributed by atoms with Gasteiger partial charge in [0.2, 0.25) is 5.91 Å². The number of methoxy groups -OCH3 is 1. The smallest absolute Gasteiger partial charge is 0.241 e. The summed E-state index contributed by atoms with van der Waals surface area (Å²) in [5.41, 5.74) is 1.03. The summed E-state index contributed by atoms with van der Waals surface area (Å²) in [6.45, 7) is 6.24. The molecule has 1 aliphatic carbocycles. The number of anilines is 1. The molecule has 1 saturated carbocycles. The molecule has 38 heavy (non-hydrogen) atoms. The number of hydrogen-bond acceptors (Lipinski definition) is 6. The van der Waals surface area contributed by atoms with Gasteiger partial charge in [-0.2, -0.15) is 5.26 Å². The van der Waals surface area contributed by atoms with Gasteiger partial charge in [0, 0.05) is 25.0 Å². The summed E-state index contributed by atoms with van der Waals surface area (Å²) in [4.78, 5) is 13.0. The third-order valence-electron chi connectivity index (χ3n) is 7.39. The third-order valence-corrected chi connectivity index (χ3v) is 9.04. The normalized spacial score (nSPS) is 21.9. The van der Waals surface area contributed by atoms with Crippen LogP contribution in [0.25, 0.3) is 0 Å². The number of ether oxygens (including phenoxy) is 1. The van der Waals surface area contributed by atoms with Gasteiger partial charge in [0.15, 0.2) is 0 Å². The summed E-state index contributed by atoms with van der Waals surface area (Å²) in [7, 11) is 1.60. The lowest BCUT2D eigenvalue weighted by Crippen LogP contribution is -2.52. The second kappa shape index (κ2) is 11.7. The minimum atomic E-state index is -1.48. The number of amides is 1. The van der Waals surface area contributed by atoms with Crippen LogP contribution in [0.15, 0.2) is 42.5 Å². The van der Waals surface area contributed by atoms with Gasteiger partial charge in [-0.3, -0.25) is 4.79 Å². The molecule has 3 N–H and O–H groups in total. The standard InChI is InChI=1S/C29H37FN4O3S/c1-28(2,3)38(36)34-29(13-12-19-8-9-19,21-7-5-6-20(14-21)17-31)22-10-11-24(30)25(15-22)33-27(35)26-16-23(37-4)18-32-26/h5-7,10-11,14-15,19,23,26,32,34H,8-9,12-13,16,18H2,1-4H3,(H,33,35)/t23-,26-,29-,38?/m1/s1. The zero-order chi connectivity index (χ0) is 27.5. The molecule has 1 saturated heterocycles. The fourth-order valence-electron chi connectivity index (χ4n) is 4.81. The van der Waals surface area contributed by atoms with Gasteiger partial charge in [-0.15, -0.1) is 4.72 Å². The zero-order valence-electron chi connectivity index (χ0n) is 22.5. The van der Waals surface area contributed by atoms with Crippen molar-refractivity contribution in [2.75, 3.05) is 19.0 Å². The maximum atomic E-state index is 15.1. The van der Waals surface area contributed by atoms with E-state index in [2.05, 4.69) is 21.4 Å². The molecule has 1 unspecified atom stereocenters. The van der Waals surface area contributed by atoms with E-state index in [0.29, 0.717) is 36.4 Å². The summed E-state index contributed by atoms with van der Waals surface area (Å²) in [6, 6.07) is 13.6. The van der Waals surface area contributed by atoms with Crippen LogP contribution in [0.2, 0.25) is 0 Å². The average Bonchev–Trinajstić information content (AvgIpc) is 3.60. The largest absolute Gasteiger partial charge is 0.598 e. The van der Waals surface area contributed by atoms with Crippen molar-refractivity contribution >= 4 is 23.0 Å². The predicted molar refractivity (Wildman–Crippen MR) is 147 cm³/mol. The van der Waals surface area contributed by atoms with Crippen molar-refractivity contribution in [2.45, 2.75) is 75.3 Å². The molecule has 4 rings (SSSR count). The van der Waals surface area contributed by atoms with Crippen LogP contribution in [0.1, 0.15) is 69.6 Å². The molecule has 2 aliphatic rings. The van der Waals surface area contributed by atoms with Gasteiger partial charge in [0.25, 0.3) is 0 Å². The molecule has 7 nitrogen and oxygen atoms in total. The second-order valence-corrected chi connectivity index (χ2v) is 13.3. The number of carbonyl (C=O) groups excluding carboxylic acids is 1. The molecule has 0 bridgehead atoms. The molecule has 1 amide bonds. The summed E-state index contributed by atoms with van der Waals surface area (Å²) in [5.74, 6) is -0.302. The van der Waals surface area contributed by atoms with Crippen LogP contribution >= 0.6 is 0 Å². The molecule has 204 valence electrons. The summed E-state index contributed by atoms with van der Waals surface area (Å²) < 4.78 is 36.8. The highest BCUT2D eigenvalue weighted by molar-refractivity contribution is 7.90. The Labute approximate surface area is 227 Å². The van der Waals surface area contributed by atoms with Crippen LogP contribution in [-0.2, 0) is 26.4 Å². The van der Waals surface area contributed by atoms with Crippen molar-refractivity contribution in [2.24, 2.45) is 5.92 Å². The Balaban J connectivity index is 1.77. The first-order chi connectivity index (χ1) is 18.1. The van der Waals surface area contributed by atoms with Gasteiger partial charge in [-0.05, 0) is 81.3 Å². The molecule has 2 aromatic carbocycles. The zero-order valence-corrected chi connectivity index (χ0v) is 23.3. The first-order valence-electron chi connectivity index (χ1n) is 13.1. The highest BCUT2D eigenvalue weighted by Gasteiger charge is 2.43.